The van der Waals surface area contributed by atoms with Gasteiger partial charge in [0, 0.05) is 19.2 Å². The molecule has 0 aliphatic heterocycles. The van der Waals surface area contributed by atoms with Crippen LogP contribution in [-0.4, -0.2) is 17.4 Å². The van der Waals surface area contributed by atoms with Gasteiger partial charge in [0.25, 0.3) is 0 Å². The molecule has 3 aromatic rings. The smallest absolute Gasteiger partial charge is 0.247 e. The Morgan fingerprint density at radius 1 is 0.828 bits per heavy atom. The van der Waals surface area contributed by atoms with E-state index in [2.05, 4.69) is 6.92 Å². The fourth-order valence-electron chi connectivity index (χ4n) is 2.99. The summed E-state index contributed by atoms with van der Waals surface area (Å²) in [6, 6.07) is 28.0. The molecule has 0 saturated heterocycles. The van der Waals surface area contributed by atoms with E-state index in [1.807, 2.05) is 95.9 Å². The van der Waals surface area contributed by atoms with Crippen molar-refractivity contribution in [1.82, 2.24) is 4.90 Å². The van der Waals surface area contributed by atoms with Crippen LogP contribution in [0.1, 0.15) is 30.0 Å². The SMILES string of the molecule is CCCOc1ccc(/C=C/C(=O)N(Cc2ccccc2)Cc2ccccc2)cc1. The Bertz CT molecular complexity index is 861. The number of carbonyl (C=O) groups excluding carboxylic acids is 1. The van der Waals surface area contributed by atoms with E-state index in [9.17, 15) is 4.79 Å². The molecule has 0 aromatic heterocycles. The van der Waals surface area contributed by atoms with Crippen LogP contribution in [0.4, 0.5) is 0 Å². The van der Waals surface area contributed by atoms with Crippen molar-refractivity contribution in [2.24, 2.45) is 0 Å². The maximum absolute atomic E-state index is 12.9. The molecule has 3 heteroatoms. The van der Waals surface area contributed by atoms with Crippen molar-refractivity contribution >= 4 is 12.0 Å². The molecule has 0 N–H and O–H groups in total. The van der Waals surface area contributed by atoms with Crippen LogP contribution in [0.2, 0.25) is 0 Å². The van der Waals surface area contributed by atoms with Crippen molar-refractivity contribution < 1.29 is 9.53 Å². The van der Waals surface area contributed by atoms with E-state index in [4.69, 9.17) is 4.74 Å². The Kier molecular flexibility index (Phi) is 7.64. The predicted octanol–water partition coefficient (Wildman–Crippen LogP) is 5.72. The average molecular weight is 386 g/mol. The molecule has 0 unspecified atom stereocenters. The fraction of sp³-hybridized carbons (Fsp3) is 0.192. The summed E-state index contributed by atoms with van der Waals surface area (Å²) in [7, 11) is 0. The number of ether oxygens (including phenoxy) is 1. The van der Waals surface area contributed by atoms with Crippen LogP contribution in [0.25, 0.3) is 6.08 Å². The van der Waals surface area contributed by atoms with Gasteiger partial charge in [-0.25, -0.2) is 0 Å². The minimum Gasteiger partial charge on any atom is -0.494 e. The topological polar surface area (TPSA) is 29.5 Å². The summed E-state index contributed by atoms with van der Waals surface area (Å²) < 4.78 is 5.61. The molecule has 0 fully saturated rings. The number of benzene rings is 3. The minimum absolute atomic E-state index is 0.0102. The molecule has 0 bridgehead atoms. The molecule has 0 radical (unpaired) electrons. The van der Waals surface area contributed by atoms with Crippen molar-refractivity contribution in [2.45, 2.75) is 26.4 Å². The largest absolute Gasteiger partial charge is 0.494 e. The highest BCUT2D eigenvalue weighted by Gasteiger charge is 2.12. The molecule has 0 heterocycles. The van der Waals surface area contributed by atoms with Crippen molar-refractivity contribution in [1.29, 1.82) is 0 Å². The highest BCUT2D eigenvalue weighted by molar-refractivity contribution is 5.91. The van der Waals surface area contributed by atoms with Crippen LogP contribution < -0.4 is 4.74 Å². The predicted molar refractivity (Wildman–Crippen MR) is 118 cm³/mol. The van der Waals surface area contributed by atoms with Crippen LogP contribution >= 0.6 is 0 Å². The maximum atomic E-state index is 12.9. The van der Waals surface area contributed by atoms with E-state index in [-0.39, 0.29) is 5.91 Å². The minimum atomic E-state index is -0.0102. The molecule has 3 aromatic carbocycles. The van der Waals surface area contributed by atoms with Gasteiger partial charge in [-0.3, -0.25) is 4.79 Å². The number of carbonyl (C=O) groups is 1. The lowest BCUT2D eigenvalue weighted by Gasteiger charge is -2.21. The Balaban J connectivity index is 1.70. The average Bonchev–Trinajstić information content (AvgIpc) is 2.78. The standard InChI is InChI=1S/C26H27NO2/c1-2-19-29-25-16-13-22(14-17-25)15-18-26(28)27(20-23-9-5-3-6-10-23)21-24-11-7-4-8-12-24/h3-18H,2,19-21H2,1H3/b18-15+. The van der Waals surface area contributed by atoms with Gasteiger partial charge in [-0.05, 0) is 41.3 Å². The van der Waals surface area contributed by atoms with Crippen molar-refractivity contribution in [2.75, 3.05) is 6.61 Å². The van der Waals surface area contributed by atoms with Crippen LogP contribution in [-0.2, 0) is 17.9 Å². The molecular weight excluding hydrogens is 358 g/mol. The molecular formula is C26H27NO2. The molecule has 0 aliphatic carbocycles. The summed E-state index contributed by atoms with van der Waals surface area (Å²) in [6.45, 7) is 3.94. The summed E-state index contributed by atoms with van der Waals surface area (Å²) in [5.41, 5.74) is 3.20. The number of amides is 1. The monoisotopic (exact) mass is 385 g/mol. The molecule has 0 spiro atoms. The van der Waals surface area contributed by atoms with Gasteiger partial charge in [0.2, 0.25) is 5.91 Å². The summed E-state index contributed by atoms with van der Waals surface area (Å²) in [6.07, 6.45) is 4.48. The van der Waals surface area contributed by atoms with Crippen LogP contribution in [0.3, 0.4) is 0 Å². The van der Waals surface area contributed by atoms with E-state index >= 15 is 0 Å². The van der Waals surface area contributed by atoms with Crippen LogP contribution in [0, 0.1) is 0 Å². The molecule has 0 aliphatic rings. The van der Waals surface area contributed by atoms with Gasteiger partial charge in [0.1, 0.15) is 5.75 Å². The molecule has 0 saturated carbocycles. The summed E-state index contributed by atoms with van der Waals surface area (Å²) in [5, 5.41) is 0. The van der Waals surface area contributed by atoms with Gasteiger partial charge < -0.3 is 9.64 Å². The van der Waals surface area contributed by atoms with Crippen LogP contribution in [0.15, 0.2) is 91.0 Å². The molecule has 148 valence electrons. The molecule has 1 amide bonds. The van der Waals surface area contributed by atoms with Crippen molar-refractivity contribution in [3.05, 3.63) is 108 Å². The summed E-state index contributed by atoms with van der Waals surface area (Å²) >= 11 is 0. The summed E-state index contributed by atoms with van der Waals surface area (Å²) in [4.78, 5) is 14.8. The van der Waals surface area contributed by atoms with Gasteiger partial charge >= 0.3 is 0 Å². The Morgan fingerprint density at radius 2 is 1.38 bits per heavy atom. The zero-order chi connectivity index (χ0) is 20.3. The first-order valence-electron chi connectivity index (χ1n) is 10.0. The molecule has 29 heavy (non-hydrogen) atoms. The first kappa shape index (κ1) is 20.4. The lowest BCUT2D eigenvalue weighted by molar-refractivity contribution is -0.127. The quantitative estimate of drug-likeness (QED) is 0.441. The number of hydrogen-bond donors (Lipinski definition) is 0. The molecule has 3 nitrogen and oxygen atoms in total. The lowest BCUT2D eigenvalue weighted by Crippen LogP contribution is -2.28. The Labute approximate surface area is 173 Å². The fourth-order valence-corrected chi connectivity index (χ4v) is 2.99. The maximum Gasteiger partial charge on any atom is 0.247 e. The number of nitrogens with zero attached hydrogens (tertiary/aromatic N) is 1. The van der Waals surface area contributed by atoms with E-state index in [1.54, 1.807) is 6.08 Å². The van der Waals surface area contributed by atoms with Crippen molar-refractivity contribution in [3.63, 3.8) is 0 Å². The zero-order valence-electron chi connectivity index (χ0n) is 16.8. The highest BCUT2D eigenvalue weighted by Crippen LogP contribution is 2.15. The summed E-state index contributed by atoms with van der Waals surface area (Å²) in [5.74, 6) is 0.842. The molecule has 3 rings (SSSR count). The third-order valence-electron chi connectivity index (χ3n) is 4.52. The van der Waals surface area contributed by atoms with Crippen LogP contribution in [0.5, 0.6) is 5.75 Å². The second-order valence-corrected chi connectivity index (χ2v) is 6.92. The van der Waals surface area contributed by atoms with Gasteiger partial charge in [0.15, 0.2) is 0 Å². The van der Waals surface area contributed by atoms with E-state index in [0.29, 0.717) is 19.7 Å². The van der Waals surface area contributed by atoms with Gasteiger partial charge in [0.05, 0.1) is 6.61 Å². The normalized spacial score (nSPS) is 10.8. The second kappa shape index (κ2) is 10.9. The lowest BCUT2D eigenvalue weighted by atomic mass is 10.1. The van der Waals surface area contributed by atoms with Gasteiger partial charge in [-0.1, -0.05) is 79.7 Å². The van der Waals surface area contributed by atoms with E-state index in [0.717, 1.165) is 28.9 Å². The van der Waals surface area contributed by atoms with E-state index in [1.165, 1.54) is 0 Å². The van der Waals surface area contributed by atoms with Gasteiger partial charge in [-0.15, -0.1) is 0 Å². The Morgan fingerprint density at radius 3 is 1.90 bits per heavy atom. The number of rotatable bonds is 9. The second-order valence-electron chi connectivity index (χ2n) is 6.92. The highest BCUT2D eigenvalue weighted by atomic mass is 16.5. The Hall–Kier alpha value is -3.33. The third-order valence-corrected chi connectivity index (χ3v) is 4.52. The zero-order valence-corrected chi connectivity index (χ0v) is 16.8. The third kappa shape index (κ3) is 6.65. The van der Waals surface area contributed by atoms with Crippen molar-refractivity contribution in [3.8, 4) is 5.75 Å². The first-order chi connectivity index (χ1) is 14.2. The van der Waals surface area contributed by atoms with Gasteiger partial charge in [-0.2, -0.15) is 0 Å². The van der Waals surface area contributed by atoms with E-state index < -0.39 is 0 Å². The number of hydrogen-bond acceptors (Lipinski definition) is 2. The first-order valence-corrected chi connectivity index (χ1v) is 10.0. The molecule has 0 atom stereocenters.